The average Bonchev–Trinajstić information content (AvgIpc) is 2.93. The van der Waals surface area contributed by atoms with Crippen LogP contribution in [0.3, 0.4) is 0 Å². The van der Waals surface area contributed by atoms with E-state index in [-0.39, 0.29) is 12.4 Å². The Bertz CT molecular complexity index is 741. The number of imidazole rings is 1. The van der Waals surface area contributed by atoms with Crippen LogP contribution in [0.25, 0.3) is 0 Å². The highest BCUT2D eigenvalue weighted by Gasteiger charge is 2.12. The quantitative estimate of drug-likeness (QED) is 0.805. The Balaban J connectivity index is 1.61. The second kappa shape index (κ2) is 6.64. The van der Waals surface area contributed by atoms with E-state index >= 15 is 0 Å². The summed E-state index contributed by atoms with van der Waals surface area (Å²) < 4.78 is 3.31. The molecule has 1 aliphatic rings. The number of nitrogens with one attached hydrogen (secondary N) is 1. The summed E-state index contributed by atoms with van der Waals surface area (Å²) in [6.07, 6.45) is 8.94. The molecule has 0 aliphatic carbocycles. The number of nitrogens with zero attached hydrogens (tertiary/aromatic N) is 4. The van der Waals surface area contributed by atoms with Crippen molar-refractivity contribution in [3.05, 3.63) is 40.5 Å². The molecular formula is C15H19N5O3. The van der Waals surface area contributed by atoms with E-state index in [1.807, 2.05) is 0 Å². The van der Waals surface area contributed by atoms with E-state index in [1.165, 1.54) is 25.2 Å². The van der Waals surface area contributed by atoms with Crippen molar-refractivity contribution in [1.29, 1.82) is 0 Å². The van der Waals surface area contributed by atoms with E-state index in [4.69, 9.17) is 5.11 Å². The summed E-state index contributed by atoms with van der Waals surface area (Å²) in [6, 6.07) is 0. The molecule has 1 aliphatic heterocycles. The van der Waals surface area contributed by atoms with Gasteiger partial charge in [0.2, 0.25) is 0 Å². The van der Waals surface area contributed by atoms with Gasteiger partial charge in [-0.2, -0.15) is 0 Å². The van der Waals surface area contributed by atoms with Crippen LogP contribution in [0, 0.1) is 0 Å². The molecule has 0 bridgehead atoms. The lowest BCUT2D eigenvalue weighted by molar-refractivity contribution is -0.137. The van der Waals surface area contributed by atoms with Gasteiger partial charge in [-0.15, -0.1) is 0 Å². The minimum atomic E-state index is -1.06. The highest BCUT2D eigenvalue weighted by Crippen LogP contribution is 2.14. The van der Waals surface area contributed by atoms with Crippen LogP contribution < -0.4 is 10.9 Å². The molecule has 0 fully saturated rings. The second-order valence-corrected chi connectivity index (χ2v) is 5.58. The van der Waals surface area contributed by atoms with Crippen LogP contribution in [0.1, 0.15) is 24.4 Å². The molecule has 2 aromatic heterocycles. The molecular weight excluding hydrogens is 298 g/mol. The fraction of sp³-hybridized carbons (Fsp3) is 0.467. The SMILES string of the molecule is O=C(O)Cn1ccnc(NCCc2cn3c(n2)CCCC3)c1=O. The fourth-order valence-corrected chi connectivity index (χ4v) is 2.74. The van der Waals surface area contributed by atoms with Gasteiger partial charge in [0, 0.05) is 44.5 Å². The summed E-state index contributed by atoms with van der Waals surface area (Å²) in [5.41, 5.74) is 0.565. The van der Waals surface area contributed by atoms with Crippen molar-refractivity contribution in [3.63, 3.8) is 0 Å². The van der Waals surface area contributed by atoms with Gasteiger partial charge < -0.3 is 15.0 Å². The first-order valence-corrected chi connectivity index (χ1v) is 7.69. The Morgan fingerprint density at radius 1 is 1.39 bits per heavy atom. The molecule has 0 radical (unpaired) electrons. The van der Waals surface area contributed by atoms with Crippen LogP contribution in [0.15, 0.2) is 23.4 Å². The molecule has 23 heavy (non-hydrogen) atoms. The van der Waals surface area contributed by atoms with Gasteiger partial charge in [0.25, 0.3) is 5.56 Å². The largest absolute Gasteiger partial charge is 0.480 e. The standard InChI is InChI=1S/C15H19N5O3/c21-13(22)10-20-8-6-17-14(15(20)23)16-5-4-11-9-19-7-2-1-3-12(19)18-11/h6,8-9H,1-5,7,10H2,(H,16,17)(H,21,22). The van der Waals surface area contributed by atoms with Crippen LogP contribution in [0.2, 0.25) is 0 Å². The molecule has 0 aromatic carbocycles. The maximum Gasteiger partial charge on any atom is 0.323 e. The molecule has 0 amide bonds. The maximum absolute atomic E-state index is 12.1. The molecule has 0 unspecified atom stereocenters. The number of aryl methyl sites for hydroxylation is 2. The van der Waals surface area contributed by atoms with Crippen molar-refractivity contribution < 1.29 is 9.90 Å². The third-order valence-electron chi connectivity index (χ3n) is 3.85. The third-order valence-corrected chi connectivity index (χ3v) is 3.85. The van der Waals surface area contributed by atoms with Crippen LogP contribution in [0.4, 0.5) is 5.82 Å². The third kappa shape index (κ3) is 3.58. The molecule has 8 heteroatoms. The molecule has 3 heterocycles. The van der Waals surface area contributed by atoms with E-state index in [1.54, 1.807) is 0 Å². The zero-order valence-corrected chi connectivity index (χ0v) is 12.7. The summed E-state index contributed by atoms with van der Waals surface area (Å²) in [5.74, 6) is 0.235. The number of aliphatic carboxylic acids is 1. The maximum atomic E-state index is 12.1. The lowest BCUT2D eigenvalue weighted by Gasteiger charge is -2.11. The van der Waals surface area contributed by atoms with Crippen molar-refractivity contribution >= 4 is 11.8 Å². The lowest BCUT2D eigenvalue weighted by Crippen LogP contribution is -2.27. The Kier molecular flexibility index (Phi) is 4.40. The number of aromatic nitrogens is 4. The summed E-state index contributed by atoms with van der Waals surface area (Å²) in [5, 5.41) is 11.7. The van der Waals surface area contributed by atoms with Gasteiger partial charge in [0.15, 0.2) is 5.82 Å². The molecule has 2 N–H and O–H groups in total. The minimum Gasteiger partial charge on any atom is -0.480 e. The Morgan fingerprint density at radius 3 is 3.04 bits per heavy atom. The van der Waals surface area contributed by atoms with Gasteiger partial charge in [0.1, 0.15) is 12.4 Å². The van der Waals surface area contributed by atoms with Crippen molar-refractivity contribution in [2.45, 2.75) is 38.8 Å². The van der Waals surface area contributed by atoms with Crippen molar-refractivity contribution in [3.8, 4) is 0 Å². The summed E-state index contributed by atoms with van der Waals surface area (Å²) in [4.78, 5) is 31.4. The van der Waals surface area contributed by atoms with Gasteiger partial charge in [-0.25, -0.2) is 9.97 Å². The Labute approximate surface area is 132 Å². The summed E-state index contributed by atoms with van der Waals surface area (Å²) in [7, 11) is 0. The molecule has 0 saturated carbocycles. The van der Waals surface area contributed by atoms with Crippen molar-refractivity contribution in [1.82, 2.24) is 19.1 Å². The van der Waals surface area contributed by atoms with Crippen molar-refractivity contribution in [2.75, 3.05) is 11.9 Å². The highest BCUT2D eigenvalue weighted by molar-refractivity contribution is 5.66. The summed E-state index contributed by atoms with van der Waals surface area (Å²) in [6.45, 7) is 1.18. The number of hydrogen-bond donors (Lipinski definition) is 2. The van der Waals surface area contributed by atoms with Crippen molar-refractivity contribution in [2.24, 2.45) is 0 Å². The Hall–Kier alpha value is -2.64. The second-order valence-electron chi connectivity index (χ2n) is 5.58. The van der Waals surface area contributed by atoms with Gasteiger partial charge in [-0.05, 0) is 12.8 Å². The zero-order chi connectivity index (χ0) is 16.2. The number of fused-ring (bicyclic) bond motifs is 1. The average molecular weight is 317 g/mol. The monoisotopic (exact) mass is 317 g/mol. The van der Waals surface area contributed by atoms with Gasteiger partial charge in [-0.3, -0.25) is 14.2 Å². The molecule has 0 atom stereocenters. The minimum absolute atomic E-state index is 0.165. The number of carbonyl (C=O) groups is 1. The first-order valence-electron chi connectivity index (χ1n) is 7.69. The number of anilines is 1. The molecule has 2 aromatic rings. The van der Waals surface area contributed by atoms with Crippen LogP contribution >= 0.6 is 0 Å². The normalized spacial score (nSPS) is 13.6. The molecule has 122 valence electrons. The first kappa shape index (κ1) is 15.3. The first-order chi connectivity index (χ1) is 11.1. The lowest BCUT2D eigenvalue weighted by atomic mass is 10.2. The molecule has 0 spiro atoms. The van der Waals surface area contributed by atoms with Crippen LogP contribution in [0.5, 0.6) is 0 Å². The number of carboxylic acid groups (broad SMARTS) is 1. The Morgan fingerprint density at radius 2 is 2.26 bits per heavy atom. The molecule has 0 saturated heterocycles. The van der Waals surface area contributed by atoms with Crippen LogP contribution in [-0.2, 0) is 30.7 Å². The van der Waals surface area contributed by atoms with E-state index in [0.29, 0.717) is 13.0 Å². The van der Waals surface area contributed by atoms with E-state index in [9.17, 15) is 9.59 Å². The number of hydrogen-bond acceptors (Lipinski definition) is 5. The van der Waals surface area contributed by atoms with Gasteiger partial charge in [-0.1, -0.05) is 0 Å². The smallest absolute Gasteiger partial charge is 0.323 e. The summed E-state index contributed by atoms with van der Waals surface area (Å²) >= 11 is 0. The number of rotatable bonds is 6. The molecule has 8 nitrogen and oxygen atoms in total. The highest BCUT2D eigenvalue weighted by atomic mass is 16.4. The van der Waals surface area contributed by atoms with E-state index < -0.39 is 11.5 Å². The van der Waals surface area contributed by atoms with E-state index in [0.717, 1.165) is 29.1 Å². The topological polar surface area (TPSA) is 102 Å². The fourth-order valence-electron chi connectivity index (χ4n) is 2.74. The predicted octanol–water partition coefficient (Wildman–Crippen LogP) is 0.515. The predicted molar refractivity (Wildman–Crippen MR) is 83.5 cm³/mol. The molecule has 3 rings (SSSR count). The van der Waals surface area contributed by atoms with Gasteiger partial charge in [0.05, 0.1) is 5.69 Å². The van der Waals surface area contributed by atoms with E-state index in [2.05, 4.69) is 26.0 Å². The number of carboxylic acids is 1. The zero-order valence-electron chi connectivity index (χ0n) is 12.7. The van der Waals surface area contributed by atoms with Gasteiger partial charge >= 0.3 is 5.97 Å². The van der Waals surface area contributed by atoms with Crippen LogP contribution in [-0.4, -0.2) is 36.7 Å².